The number of hydrogen-bond donors (Lipinski definition) is 1. The minimum atomic E-state index is 0.361. The summed E-state index contributed by atoms with van der Waals surface area (Å²) < 4.78 is 0. The zero-order valence-corrected chi connectivity index (χ0v) is 11.2. The van der Waals surface area contributed by atoms with Crippen molar-refractivity contribution in [1.82, 2.24) is 9.97 Å². The molecule has 0 aliphatic carbocycles. The Bertz CT molecular complexity index is 611. The van der Waals surface area contributed by atoms with Gasteiger partial charge in [-0.25, -0.2) is 9.97 Å². The summed E-state index contributed by atoms with van der Waals surface area (Å²) in [7, 11) is 3.98. The molecule has 1 aromatic heterocycles. The Balaban J connectivity index is 2.21. The van der Waals surface area contributed by atoms with Crippen LogP contribution >= 0.6 is 0 Å². The van der Waals surface area contributed by atoms with Crippen LogP contribution in [0.3, 0.4) is 0 Å². The van der Waals surface area contributed by atoms with Crippen molar-refractivity contribution in [2.45, 2.75) is 6.92 Å². The van der Waals surface area contributed by atoms with Crippen molar-refractivity contribution in [2.75, 3.05) is 24.3 Å². The van der Waals surface area contributed by atoms with Crippen molar-refractivity contribution in [3.05, 3.63) is 41.7 Å². The van der Waals surface area contributed by atoms with Crippen LogP contribution in [0.4, 0.5) is 17.3 Å². The van der Waals surface area contributed by atoms with E-state index in [2.05, 4.69) is 15.3 Å². The number of benzene rings is 1. The molecule has 0 spiro atoms. The van der Waals surface area contributed by atoms with Crippen LogP contribution in [0.1, 0.15) is 11.4 Å². The number of nitrogens with one attached hydrogen (secondary N) is 1. The summed E-state index contributed by atoms with van der Waals surface area (Å²) >= 11 is 0. The van der Waals surface area contributed by atoms with Crippen LogP contribution in [-0.2, 0) is 0 Å². The number of aromatic nitrogens is 2. The van der Waals surface area contributed by atoms with Gasteiger partial charge < -0.3 is 10.2 Å². The molecule has 1 N–H and O–H groups in total. The Morgan fingerprint density at radius 2 is 1.84 bits per heavy atom. The van der Waals surface area contributed by atoms with E-state index in [4.69, 9.17) is 5.26 Å². The first kappa shape index (κ1) is 12.8. The van der Waals surface area contributed by atoms with Gasteiger partial charge in [-0.05, 0) is 37.3 Å². The van der Waals surface area contributed by atoms with Crippen LogP contribution in [0.25, 0.3) is 0 Å². The highest BCUT2D eigenvalue weighted by Gasteiger charge is 2.02. The summed E-state index contributed by atoms with van der Waals surface area (Å²) in [6.45, 7) is 1.84. The number of nitriles is 1. The third-order valence-corrected chi connectivity index (χ3v) is 2.61. The van der Waals surface area contributed by atoms with Crippen LogP contribution in [0.2, 0.25) is 0 Å². The minimum absolute atomic E-state index is 0.361. The maximum atomic E-state index is 8.88. The molecular weight excluding hydrogens is 238 g/mol. The molecular formula is C14H15N5. The third-order valence-electron chi connectivity index (χ3n) is 2.61. The third kappa shape index (κ3) is 3.19. The number of aryl methyl sites for hydroxylation is 1. The highest BCUT2D eigenvalue weighted by molar-refractivity contribution is 5.59. The lowest BCUT2D eigenvalue weighted by Crippen LogP contribution is -2.08. The Morgan fingerprint density at radius 1 is 1.16 bits per heavy atom. The van der Waals surface area contributed by atoms with E-state index in [1.54, 1.807) is 6.07 Å². The molecule has 1 aromatic carbocycles. The van der Waals surface area contributed by atoms with Gasteiger partial charge in [0.2, 0.25) is 5.95 Å². The highest BCUT2D eigenvalue weighted by atomic mass is 15.1. The molecule has 2 aromatic rings. The average Bonchev–Trinajstić information content (AvgIpc) is 2.38. The van der Waals surface area contributed by atoms with Crippen LogP contribution in [-0.4, -0.2) is 24.1 Å². The first-order valence-corrected chi connectivity index (χ1v) is 5.88. The minimum Gasteiger partial charge on any atom is -0.378 e. The van der Waals surface area contributed by atoms with Gasteiger partial charge in [0, 0.05) is 31.2 Å². The molecule has 1 heterocycles. The van der Waals surface area contributed by atoms with E-state index in [1.165, 1.54) is 0 Å². The summed E-state index contributed by atoms with van der Waals surface area (Å²) in [5.74, 6) is 0.439. The van der Waals surface area contributed by atoms with E-state index < -0.39 is 0 Å². The maximum absolute atomic E-state index is 8.88. The van der Waals surface area contributed by atoms with Gasteiger partial charge in [-0.2, -0.15) is 5.26 Å². The first-order chi connectivity index (χ1) is 9.08. The van der Waals surface area contributed by atoms with Gasteiger partial charge in [-0.15, -0.1) is 0 Å². The summed E-state index contributed by atoms with van der Waals surface area (Å²) in [4.78, 5) is 10.4. The topological polar surface area (TPSA) is 64.8 Å². The maximum Gasteiger partial charge on any atom is 0.228 e. The van der Waals surface area contributed by atoms with E-state index in [0.717, 1.165) is 17.1 Å². The smallest absolute Gasteiger partial charge is 0.228 e. The molecule has 19 heavy (non-hydrogen) atoms. The normalized spacial score (nSPS) is 9.79. The molecule has 5 nitrogen and oxygen atoms in total. The SMILES string of the molecule is Cc1cc(C#N)nc(Nc2ccc(N(C)C)cc2)n1. The van der Waals surface area contributed by atoms with Crippen molar-refractivity contribution in [3.8, 4) is 6.07 Å². The second-order valence-electron chi connectivity index (χ2n) is 4.40. The van der Waals surface area contributed by atoms with Gasteiger partial charge in [0.1, 0.15) is 11.8 Å². The molecule has 0 radical (unpaired) electrons. The molecule has 2 rings (SSSR count). The molecule has 96 valence electrons. The lowest BCUT2D eigenvalue weighted by Gasteiger charge is -2.13. The Labute approximate surface area is 112 Å². The van der Waals surface area contributed by atoms with Crippen LogP contribution in [0, 0.1) is 18.3 Å². The van der Waals surface area contributed by atoms with Gasteiger partial charge in [0.05, 0.1) is 0 Å². The lowest BCUT2D eigenvalue weighted by molar-refractivity contribution is 1.09. The van der Waals surface area contributed by atoms with Crippen molar-refractivity contribution >= 4 is 17.3 Å². The van der Waals surface area contributed by atoms with Crippen molar-refractivity contribution in [1.29, 1.82) is 5.26 Å². The van der Waals surface area contributed by atoms with E-state index in [0.29, 0.717) is 11.6 Å². The van der Waals surface area contributed by atoms with Gasteiger partial charge in [0.15, 0.2) is 0 Å². The summed E-state index contributed by atoms with van der Waals surface area (Å²) in [6, 6.07) is 11.6. The fraction of sp³-hybridized carbons (Fsp3) is 0.214. The molecule has 0 bridgehead atoms. The van der Waals surface area contributed by atoms with Crippen molar-refractivity contribution in [2.24, 2.45) is 0 Å². The molecule has 0 aliphatic heterocycles. The molecule has 0 amide bonds. The molecule has 0 saturated heterocycles. The molecule has 0 unspecified atom stereocenters. The van der Waals surface area contributed by atoms with Gasteiger partial charge >= 0.3 is 0 Å². The summed E-state index contributed by atoms with van der Waals surface area (Å²) in [5.41, 5.74) is 3.13. The predicted molar refractivity (Wildman–Crippen MR) is 75.5 cm³/mol. The Morgan fingerprint density at radius 3 is 2.42 bits per heavy atom. The van der Waals surface area contributed by atoms with Crippen molar-refractivity contribution < 1.29 is 0 Å². The molecule has 0 saturated carbocycles. The standard InChI is InChI=1S/C14H15N5/c1-10-8-12(9-15)18-14(16-10)17-11-4-6-13(7-5-11)19(2)3/h4-8H,1-3H3,(H,16,17,18). The average molecular weight is 253 g/mol. The predicted octanol–water partition coefficient (Wildman–Crippen LogP) is 2.47. The lowest BCUT2D eigenvalue weighted by atomic mass is 10.2. The van der Waals surface area contributed by atoms with Crippen molar-refractivity contribution in [3.63, 3.8) is 0 Å². The van der Waals surface area contributed by atoms with Gasteiger partial charge in [-0.3, -0.25) is 0 Å². The Kier molecular flexibility index (Phi) is 3.62. The zero-order chi connectivity index (χ0) is 13.8. The highest BCUT2D eigenvalue weighted by Crippen LogP contribution is 2.18. The van der Waals surface area contributed by atoms with Gasteiger partial charge in [-0.1, -0.05) is 0 Å². The summed E-state index contributed by atoms with van der Waals surface area (Å²) in [5, 5.41) is 12.0. The van der Waals surface area contributed by atoms with E-state index in [-0.39, 0.29) is 0 Å². The number of rotatable bonds is 3. The number of nitrogens with zero attached hydrogens (tertiary/aromatic N) is 4. The van der Waals surface area contributed by atoms with E-state index >= 15 is 0 Å². The molecule has 5 heteroatoms. The number of hydrogen-bond acceptors (Lipinski definition) is 5. The fourth-order valence-corrected chi connectivity index (χ4v) is 1.65. The second-order valence-corrected chi connectivity index (χ2v) is 4.40. The van der Waals surface area contributed by atoms with Crippen LogP contribution in [0.15, 0.2) is 30.3 Å². The summed E-state index contributed by atoms with van der Waals surface area (Å²) in [6.07, 6.45) is 0. The monoisotopic (exact) mass is 253 g/mol. The van der Waals surface area contributed by atoms with Gasteiger partial charge in [0.25, 0.3) is 0 Å². The molecule has 0 fully saturated rings. The molecule has 0 atom stereocenters. The second kappa shape index (κ2) is 5.36. The largest absolute Gasteiger partial charge is 0.378 e. The molecule has 0 aliphatic rings. The van der Waals surface area contributed by atoms with Crippen LogP contribution < -0.4 is 10.2 Å². The quantitative estimate of drug-likeness (QED) is 0.910. The Hall–Kier alpha value is -2.61. The van der Waals surface area contributed by atoms with E-state index in [9.17, 15) is 0 Å². The van der Waals surface area contributed by atoms with Crippen LogP contribution in [0.5, 0.6) is 0 Å². The number of anilines is 3. The first-order valence-electron chi connectivity index (χ1n) is 5.88. The fourth-order valence-electron chi connectivity index (χ4n) is 1.65. The van der Waals surface area contributed by atoms with E-state index in [1.807, 2.05) is 56.3 Å². The zero-order valence-electron chi connectivity index (χ0n) is 11.2.